The Balaban J connectivity index is 1.59. The van der Waals surface area contributed by atoms with Gasteiger partial charge in [0.25, 0.3) is 0 Å². The molecule has 168 valence electrons. The first-order valence-corrected chi connectivity index (χ1v) is 11.9. The third-order valence-corrected chi connectivity index (χ3v) is 6.78. The van der Waals surface area contributed by atoms with E-state index in [1.165, 1.54) is 23.9 Å². The number of amides is 1. The minimum atomic E-state index is -0.996. The van der Waals surface area contributed by atoms with E-state index in [4.69, 9.17) is 28.3 Å². The molecule has 1 N–H and O–H groups in total. The van der Waals surface area contributed by atoms with Gasteiger partial charge in [0, 0.05) is 16.6 Å². The van der Waals surface area contributed by atoms with Crippen molar-refractivity contribution in [3.63, 3.8) is 0 Å². The molecule has 8 heteroatoms. The number of hydrogen-bond acceptors (Lipinski definition) is 4. The normalized spacial score (nSPS) is 17.0. The number of aliphatic imine (C=N–C) groups is 1. The quantitative estimate of drug-likeness (QED) is 0.426. The topological polar surface area (TPSA) is 70.0 Å². The van der Waals surface area contributed by atoms with Gasteiger partial charge in [0.2, 0.25) is 5.91 Å². The van der Waals surface area contributed by atoms with Crippen LogP contribution in [0.25, 0.3) is 0 Å². The van der Waals surface area contributed by atoms with Gasteiger partial charge in [-0.15, -0.1) is 0 Å². The van der Waals surface area contributed by atoms with Crippen LogP contribution in [-0.2, 0) is 17.6 Å². The maximum absolute atomic E-state index is 13.3. The van der Waals surface area contributed by atoms with E-state index in [1.54, 1.807) is 23.1 Å². The van der Waals surface area contributed by atoms with Crippen LogP contribution in [0.1, 0.15) is 21.5 Å². The van der Waals surface area contributed by atoms with Crippen molar-refractivity contribution in [2.45, 2.75) is 18.1 Å². The molecule has 0 spiro atoms. The van der Waals surface area contributed by atoms with Crippen molar-refractivity contribution in [2.75, 3.05) is 6.54 Å². The molecule has 1 saturated heterocycles. The van der Waals surface area contributed by atoms with Gasteiger partial charge in [0.15, 0.2) is 5.17 Å². The summed E-state index contributed by atoms with van der Waals surface area (Å²) in [5.41, 5.74) is 2.79. The zero-order chi connectivity index (χ0) is 23.4. The summed E-state index contributed by atoms with van der Waals surface area (Å²) in [6.45, 7) is 0.495. The third-order valence-electron chi connectivity index (χ3n) is 5.17. The summed E-state index contributed by atoms with van der Waals surface area (Å²) >= 11 is 13.7. The summed E-state index contributed by atoms with van der Waals surface area (Å²) in [5.74, 6) is -1.02. The predicted molar refractivity (Wildman–Crippen MR) is 134 cm³/mol. The lowest BCUT2D eigenvalue weighted by Crippen LogP contribution is -2.34. The Morgan fingerprint density at radius 3 is 2.27 bits per heavy atom. The van der Waals surface area contributed by atoms with E-state index in [-0.39, 0.29) is 16.7 Å². The molecule has 0 saturated carbocycles. The zero-order valence-electron chi connectivity index (χ0n) is 17.4. The fraction of sp³-hybridized carbons (Fsp3) is 0.160. The van der Waals surface area contributed by atoms with Crippen LogP contribution < -0.4 is 0 Å². The lowest BCUT2D eigenvalue weighted by atomic mass is 10.1. The maximum Gasteiger partial charge on any atom is 0.335 e. The van der Waals surface area contributed by atoms with Crippen LogP contribution >= 0.6 is 35.0 Å². The summed E-state index contributed by atoms with van der Waals surface area (Å²) in [7, 11) is 0. The van der Waals surface area contributed by atoms with E-state index in [2.05, 4.69) is 4.99 Å². The van der Waals surface area contributed by atoms with Crippen molar-refractivity contribution in [3.05, 3.63) is 99.5 Å². The summed E-state index contributed by atoms with van der Waals surface area (Å²) in [5, 5.41) is 10.4. The Bertz CT molecular complexity index is 1180. The van der Waals surface area contributed by atoms with Gasteiger partial charge in [-0.05, 0) is 66.4 Å². The molecule has 5 nitrogen and oxygen atoms in total. The number of carbonyl (C=O) groups excluding carboxylic acids is 1. The van der Waals surface area contributed by atoms with Gasteiger partial charge in [-0.25, -0.2) is 9.79 Å². The van der Waals surface area contributed by atoms with Crippen LogP contribution in [0.3, 0.4) is 0 Å². The number of thioether (sulfide) groups is 1. The number of benzene rings is 3. The molecule has 33 heavy (non-hydrogen) atoms. The zero-order valence-corrected chi connectivity index (χ0v) is 19.8. The van der Waals surface area contributed by atoms with Crippen LogP contribution in [0.2, 0.25) is 10.0 Å². The molecule has 3 aromatic carbocycles. The lowest BCUT2D eigenvalue weighted by molar-refractivity contribution is -0.126. The molecule has 1 amide bonds. The molecule has 1 fully saturated rings. The van der Waals surface area contributed by atoms with Gasteiger partial charge in [-0.3, -0.25) is 9.69 Å². The molecule has 0 aromatic heterocycles. The van der Waals surface area contributed by atoms with Crippen LogP contribution in [0.15, 0.2) is 77.8 Å². The maximum atomic E-state index is 13.3. The average molecular weight is 499 g/mol. The number of amidine groups is 1. The first-order chi connectivity index (χ1) is 15.9. The van der Waals surface area contributed by atoms with E-state index < -0.39 is 5.97 Å². The van der Waals surface area contributed by atoms with Crippen molar-refractivity contribution in [1.82, 2.24) is 4.90 Å². The molecule has 1 atom stereocenters. The number of rotatable bonds is 7. The molecule has 1 unspecified atom stereocenters. The molecule has 3 aromatic rings. The van der Waals surface area contributed by atoms with Crippen LogP contribution in [0.5, 0.6) is 0 Å². The largest absolute Gasteiger partial charge is 0.478 e. The first-order valence-electron chi connectivity index (χ1n) is 10.3. The van der Waals surface area contributed by atoms with Crippen molar-refractivity contribution < 1.29 is 14.7 Å². The molecular weight excluding hydrogens is 479 g/mol. The fourth-order valence-electron chi connectivity index (χ4n) is 3.55. The van der Waals surface area contributed by atoms with E-state index in [0.717, 1.165) is 11.1 Å². The Labute approximate surface area is 206 Å². The summed E-state index contributed by atoms with van der Waals surface area (Å²) < 4.78 is 0. The van der Waals surface area contributed by atoms with E-state index >= 15 is 0 Å². The van der Waals surface area contributed by atoms with E-state index in [1.807, 2.05) is 42.5 Å². The molecule has 0 radical (unpaired) electrons. The van der Waals surface area contributed by atoms with Crippen molar-refractivity contribution in [1.29, 1.82) is 0 Å². The fourth-order valence-corrected chi connectivity index (χ4v) is 5.34. The van der Waals surface area contributed by atoms with Crippen LogP contribution in [0, 0.1) is 0 Å². The number of carboxylic acid groups (broad SMARTS) is 1. The molecule has 0 aliphatic carbocycles. The summed E-state index contributed by atoms with van der Waals surface area (Å²) in [6.07, 6.45) is 1.17. The lowest BCUT2D eigenvalue weighted by Gasteiger charge is -2.16. The highest BCUT2D eigenvalue weighted by Gasteiger charge is 2.37. The summed E-state index contributed by atoms with van der Waals surface area (Å²) in [4.78, 5) is 30.8. The average Bonchev–Trinajstić information content (AvgIpc) is 3.06. The number of carboxylic acids is 1. The minimum Gasteiger partial charge on any atom is -0.478 e. The standard InChI is InChI=1S/C25H20Cl2N2O3S/c26-19-12-17(13-20(27)15-19)14-22-23(30)29(11-10-16-4-2-1-3-5-16)25(33-22)28-21-8-6-18(7-9-21)24(31)32/h1-9,12-13,15,22H,10-11,14H2,(H,31,32). The molecule has 4 rings (SSSR count). The highest BCUT2D eigenvalue weighted by Crippen LogP contribution is 2.33. The molecule has 1 aliphatic heterocycles. The number of aromatic carboxylic acids is 1. The van der Waals surface area contributed by atoms with Crippen molar-refractivity contribution >= 4 is 57.7 Å². The van der Waals surface area contributed by atoms with Gasteiger partial charge in [0.1, 0.15) is 0 Å². The van der Waals surface area contributed by atoms with Gasteiger partial charge in [0.05, 0.1) is 16.5 Å². The second-order valence-corrected chi connectivity index (χ2v) is 9.60. The smallest absolute Gasteiger partial charge is 0.335 e. The van der Waals surface area contributed by atoms with E-state index in [9.17, 15) is 9.59 Å². The Kier molecular flexibility index (Phi) is 7.38. The van der Waals surface area contributed by atoms with Gasteiger partial charge in [-0.1, -0.05) is 65.3 Å². The monoisotopic (exact) mass is 498 g/mol. The second-order valence-electron chi connectivity index (χ2n) is 7.56. The molecule has 1 heterocycles. The highest BCUT2D eigenvalue weighted by molar-refractivity contribution is 8.15. The van der Waals surface area contributed by atoms with Crippen molar-refractivity contribution in [2.24, 2.45) is 4.99 Å². The molecular formula is C25H20Cl2N2O3S. The minimum absolute atomic E-state index is 0.0204. The SMILES string of the molecule is O=C(O)c1ccc(N=C2SC(Cc3cc(Cl)cc(Cl)c3)C(=O)N2CCc2ccccc2)cc1. The molecule has 0 bridgehead atoms. The van der Waals surface area contributed by atoms with Gasteiger partial charge >= 0.3 is 5.97 Å². The Hall–Kier alpha value is -2.80. The number of hydrogen-bond donors (Lipinski definition) is 1. The highest BCUT2D eigenvalue weighted by atomic mass is 35.5. The number of nitrogens with zero attached hydrogens (tertiary/aromatic N) is 2. The number of halogens is 2. The summed E-state index contributed by atoms with van der Waals surface area (Å²) in [6, 6.07) is 21.5. The number of carbonyl (C=O) groups is 2. The Morgan fingerprint density at radius 1 is 0.970 bits per heavy atom. The van der Waals surface area contributed by atoms with Crippen LogP contribution in [-0.4, -0.2) is 38.8 Å². The van der Waals surface area contributed by atoms with Gasteiger partial charge < -0.3 is 5.11 Å². The van der Waals surface area contributed by atoms with Crippen molar-refractivity contribution in [3.8, 4) is 0 Å². The van der Waals surface area contributed by atoms with Gasteiger partial charge in [-0.2, -0.15) is 0 Å². The molecule has 1 aliphatic rings. The third kappa shape index (κ3) is 5.96. The van der Waals surface area contributed by atoms with E-state index in [0.29, 0.717) is 40.3 Å². The Morgan fingerprint density at radius 2 is 1.64 bits per heavy atom. The predicted octanol–water partition coefficient (Wildman–Crippen LogP) is 6.11. The first kappa shape index (κ1) is 23.4. The second kappa shape index (κ2) is 10.4. The van der Waals surface area contributed by atoms with Crippen LogP contribution in [0.4, 0.5) is 5.69 Å².